The van der Waals surface area contributed by atoms with E-state index in [0.717, 1.165) is 59.6 Å². The van der Waals surface area contributed by atoms with Gasteiger partial charge in [0.2, 0.25) is 0 Å². The third-order valence-corrected chi connectivity index (χ3v) is 4.02. The summed E-state index contributed by atoms with van der Waals surface area (Å²) in [5, 5.41) is 5.56. The maximum Gasteiger partial charge on any atom is 0.0590 e. The number of fused-ring (bicyclic) bond motifs is 1. The molecule has 0 fully saturated rings. The number of benzene rings is 2. The van der Waals surface area contributed by atoms with Crippen LogP contribution in [0.25, 0.3) is 21.9 Å². The molecule has 24 heavy (non-hydrogen) atoms. The van der Waals surface area contributed by atoms with Gasteiger partial charge in [-0.1, -0.05) is 36.4 Å². The second-order valence-corrected chi connectivity index (χ2v) is 5.66. The van der Waals surface area contributed by atoms with E-state index in [-0.39, 0.29) is 0 Å². The molecular weight excluding hydrogens is 298 g/mol. The van der Waals surface area contributed by atoms with Gasteiger partial charge in [0.1, 0.15) is 0 Å². The van der Waals surface area contributed by atoms with Crippen LogP contribution in [0, 0.1) is 0 Å². The zero-order valence-electron chi connectivity index (χ0n) is 14.0. The summed E-state index contributed by atoms with van der Waals surface area (Å²) >= 11 is 0. The minimum Gasteiger partial charge on any atom is -0.398 e. The maximum atomic E-state index is 6.08. The summed E-state index contributed by atoms with van der Waals surface area (Å²) in [7, 11) is 0. The first-order valence-electron chi connectivity index (χ1n) is 8.30. The lowest BCUT2D eigenvalue weighted by Crippen LogP contribution is -2.19. The standard InChI is InChI=1S/C20H23N3O/c1-2-24-12-11-22-14-16-10-9-15(13-23-16)17-5-3-7-19-18(17)6-4-8-20(19)21/h3-10,13,22H,2,11-12,14,21H2,1H3. The first kappa shape index (κ1) is 16.4. The van der Waals surface area contributed by atoms with Crippen molar-refractivity contribution in [2.75, 3.05) is 25.5 Å². The van der Waals surface area contributed by atoms with Crippen LogP contribution in [0.1, 0.15) is 12.6 Å². The van der Waals surface area contributed by atoms with Gasteiger partial charge in [-0.2, -0.15) is 0 Å². The molecule has 0 spiro atoms. The zero-order chi connectivity index (χ0) is 16.8. The zero-order valence-corrected chi connectivity index (χ0v) is 14.0. The van der Waals surface area contributed by atoms with Gasteiger partial charge in [-0.25, -0.2) is 0 Å². The van der Waals surface area contributed by atoms with Crippen molar-refractivity contribution in [2.45, 2.75) is 13.5 Å². The third kappa shape index (κ3) is 3.72. The monoisotopic (exact) mass is 321 g/mol. The van der Waals surface area contributed by atoms with Crippen LogP contribution in [0.5, 0.6) is 0 Å². The predicted octanol–water partition coefficient (Wildman–Crippen LogP) is 3.61. The Morgan fingerprint density at radius 2 is 1.88 bits per heavy atom. The fourth-order valence-corrected chi connectivity index (χ4v) is 2.78. The van der Waals surface area contributed by atoms with Gasteiger partial charge in [0, 0.05) is 42.5 Å². The smallest absolute Gasteiger partial charge is 0.0590 e. The largest absolute Gasteiger partial charge is 0.398 e. The number of rotatable bonds is 7. The highest BCUT2D eigenvalue weighted by atomic mass is 16.5. The van der Waals surface area contributed by atoms with Crippen LogP contribution in [0.3, 0.4) is 0 Å². The van der Waals surface area contributed by atoms with Crippen LogP contribution in [0.4, 0.5) is 5.69 Å². The van der Waals surface area contributed by atoms with E-state index in [9.17, 15) is 0 Å². The molecule has 1 heterocycles. The molecule has 0 unspecified atom stereocenters. The average Bonchev–Trinajstić information content (AvgIpc) is 2.62. The van der Waals surface area contributed by atoms with Crippen LogP contribution < -0.4 is 11.1 Å². The molecule has 0 amide bonds. The fraction of sp³-hybridized carbons (Fsp3) is 0.250. The first-order chi connectivity index (χ1) is 11.8. The minimum absolute atomic E-state index is 0.728. The summed E-state index contributed by atoms with van der Waals surface area (Å²) in [6, 6.07) is 16.4. The lowest BCUT2D eigenvalue weighted by molar-refractivity contribution is 0.149. The van der Waals surface area contributed by atoms with Crippen molar-refractivity contribution in [3.8, 4) is 11.1 Å². The van der Waals surface area contributed by atoms with Gasteiger partial charge in [0.15, 0.2) is 0 Å². The fourth-order valence-electron chi connectivity index (χ4n) is 2.78. The minimum atomic E-state index is 0.728. The Kier molecular flexibility index (Phi) is 5.41. The van der Waals surface area contributed by atoms with Gasteiger partial charge in [-0.3, -0.25) is 4.98 Å². The number of anilines is 1. The molecule has 0 aliphatic rings. The molecule has 3 aromatic rings. The van der Waals surface area contributed by atoms with Crippen LogP contribution in [-0.2, 0) is 11.3 Å². The summed E-state index contributed by atoms with van der Waals surface area (Å²) < 4.78 is 5.31. The molecule has 124 valence electrons. The highest BCUT2D eigenvalue weighted by molar-refractivity contribution is 6.02. The van der Waals surface area contributed by atoms with E-state index in [1.165, 1.54) is 0 Å². The molecule has 2 aromatic carbocycles. The second kappa shape index (κ2) is 7.90. The van der Waals surface area contributed by atoms with E-state index in [2.05, 4.69) is 40.6 Å². The molecule has 0 saturated carbocycles. The highest BCUT2D eigenvalue weighted by Gasteiger charge is 2.06. The number of nitrogens with zero attached hydrogens (tertiary/aromatic N) is 1. The van der Waals surface area contributed by atoms with Crippen molar-refractivity contribution >= 4 is 16.5 Å². The van der Waals surface area contributed by atoms with Gasteiger partial charge in [-0.15, -0.1) is 0 Å². The third-order valence-electron chi connectivity index (χ3n) is 4.02. The van der Waals surface area contributed by atoms with E-state index in [4.69, 9.17) is 10.5 Å². The Balaban J connectivity index is 1.75. The molecular formula is C20H23N3O. The molecule has 0 saturated heterocycles. The average molecular weight is 321 g/mol. The lowest BCUT2D eigenvalue weighted by atomic mass is 9.98. The topological polar surface area (TPSA) is 60.2 Å². The second-order valence-electron chi connectivity index (χ2n) is 5.66. The predicted molar refractivity (Wildman–Crippen MR) is 99.8 cm³/mol. The van der Waals surface area contributed by atoms with E-state index in [1.807, 2.05) is 31.3 Å². The number of nitrogens with one attached hydrogen (secondary N) is 1. The number of pyridine rings is 1. The Bertz CT molecular complexity index is 800. The quantitative estimate of drug-likeness (QED) is 0.515. The lowest BCUT2D eigenvalue weighted by Gasteiger charge is -2.09. The summed E-state index contributed by atoms with van der Waals surface area (Å²) in [5.74, 6) is 0. The Labute approximate surface area is 142 Å². The number of aromatic nitrogens is 1. The van der Waals surface area contributed by atoms with Gasteiger partial charge < -0.3 is 15.8 Å². The molecule has 0 aliphatic carbocycles. The van der Waals surface area contributed by atoms with Crippen molar-refractivity contribution < 1.29 is 4.74 Å². The summed E-state index contributed by atoms with van der Waals surface area (Å²) in [5.41, 5.74) is 10.2. The van der Waals surface area contributed by atoms with Crippen LogP contribution in [0.15, 0.2) is 54.7 Å². The Morgan fingerprint density at radius 3 is 2.67 bits per heavy atom. The molecule has 0 radical (unpaired) electrons. The molecule has 0 aliphatic heterocycles. The number of ether oxygens (including phenoxy) is 1. The number of hydrogen-bond acceptors (Lipinski definition) is 4. The van der Waals surface area contributed by atoms with Crippen LogP contribution in [-0.4, -0.2) is 24.7 Å². The number of nitrogens with two attached hydrogens (primary N) is 1. The Morgan fingerprint density at radius 1 is 1.04 bits per heavy atom. The van der Waals surface area contributed by atoms with E-state index in [0.29, 0.717) is 0 Å². The van der Waals surface area contributed by atoms with Crippen LogP contribution >= 0.6 is 0 Å². The normalized spacial score (nSPS) is 11.0. The van der Waals surface area contributed by atoms with Crippen LogP contribution in [0.2, 0.25) is 0 Å². The first-order valence-corrected chi connectivity index (χ1v) is 8.30. The SMILES string of the molecule is CCOCCNCc1ccc(-c2cccc3c(N)cccc23)cn1. The van der Waals surface area contributed by atoms with E-state index < -0.39 is 0 Å². The molecule has 0 atom stereocenters. The van der Waals surface area contributed by atoms with Crippen molar-refractivity contribution in [1.29, 1.82) is 0 Å². The maximum absolute atomic E-state index is 6.08. The Hall–Kier alpha value is -2.43. The molecule has 0 bridgehead atoms. The van der Waals surface area contributed by atoms with Crippen molar-refractivity contribution in [3.63, 3.8) is 0 Å². The highest BCUT2D eigenvalue weighted by Crippen LogP contribution is 2.30. The summed E-state index contributed by atoms with van der Waals surface area (Å²) in [6.07, 6.45) is 1.93. The van der Waals surface area contributed by atoms with Crippen molar-refractivity contribution in [2.24, 2.45) is 0 Å². The van der Waals surface area contributed by atoms with Crippen molar-refractivity contribution in [1.82, 2.24) is 10.3 Å². The van der Waals surface area contributed by atoms with E-state index in [1.54, 1.807) is 0 Å². The number of nitrogen functional groups attached to an aromatic ring is 1. The molecule has 3 N–H and O–H groups in total. The van der Waals surface area contributed by atoms with Crippen molar-refractivity contribution in [3.05, 3.63) is 60.4 Å². The molecule has 3 rings (SSSR count). The van der Waals surface area contributed by atoms with Gasteiger partial charge >= 0.3 is 0 Å². The molecule has 1 aromatic heterocycles. The molecule has 4 nitrogen and oxygen atoms in total. The van der Waals surface area contributed by atoms with E-state index >= 15 is 0 Å². The van der Waals surface area contributed by atoms with Gasteiger partial charge in [0.25, 0.3) is 0 Å². The van der Waals surface area contributed by atoms with Gasteiger partial charge in [0.05, 0.1) is 12.3 Å². The summed E-state index contributed by atoms with van der Waals surface area (Å²) in [4.78, 5) is 4.57. The number of hydrogen-bond donors (Lipinski definition) is 2. The van der Waals surface area contributed by atoms with Gasteiger partial charge in [-0.05, 0) is 30.0 Å². The molecule has 4 heteroatoms. The summed E-state index contributed by atoms with van der Waals surface area (Å²) in [6.45, 7) is 5.06.